The molecule has 14 heteroatoms. The molecule has 5 rings (SSSR count). The Labute approximate surface area is 307 Å². The van der Waals surface area contributed by atoms with Gasteiger partial charge >= 0.3 is 0 Å². The average molecular weight is 732 g/mol. The molecule has 296 valence electrons. The molecule has 0 atom stereocenters. The van der Waals surface area contributed by atoms with Crippen molar-refractivity contribution in [2.45, 2.75) is 14.0 Å². The fraction of sp³-hybridized carbons (Fsp3) is 0.833. The van der Waals surface area contributed by atoms with Crippen LogP contribution in [-0.2, 0) is 25.9 Å². The summed E-state index contributed by atoms with van der Waals surface area (Å²) in [5, 5.41) is 12.4. The molecule has 1 aromatic carbocycles. The van der Waals surface area contributed by atoms with Crippen LogP contribution >= 0.6 is 0 Å². The quantitative estimate of drug-likeness (QED) is 0.244. The zero-order valence-corrected chi connectivity index (χ0v) is 32.7. The van der Waals surface area contributed by atoms with Crippen LogP contribution in [0.2, 0.25) is 0 Å². The molecule has 0 aromatic heterocycles. The van der Waals surface area contributed by atoms with Crippen LogP contribution in [0.5, 0.6) is 0 Å². The monoisotopic (exact) mass is 732 g/mol. The summed E-state index contributed by atoms with van der Waals surface area (Å²) >= 11 is 0. The number of hydrogen-bond donors (Lipinski definition) is 4. The summed E-state index contributed by atoms with van der Waals surface area (Å²) < 4.78 is 32.4. The van der Waals surface area contributed by atoms with E-state index in [2.05, 4.69) is 72.0 Å². The molecule has 0 unspecified atom stereocenters. The summed E-state index contributed by atoms with van der Waals surface area (Å²) in [4.78, 5) is 11.8. The summed E-state index contributed by atoms with van der Waals surface area (Å²) in [6, 6.07) is 10.3. The Kier molecular flexibility index (Phi) is 31.6. The predicted molar refractivity (Wildman–Crippen MR) is 212 cm³/mol. The van der Waals surface area contributed by atoms with Crippen molar-refractivity contribution >= 4 is 9.84 Å². The van der Waals surface area contributed by atoms with Crippen LogP contribution in [0, 0.1) is 0 Å². The molecule has 4 saturated heterocycles. The molecule has 0 spiro atoms. The lowest BCUT2D eigenvalue weighted by Gasteiger charge is -2.32. The largest absolute Gasteiger partial charge is 0.379 e. The summed E-state index contributed by atoms with van der Waals surface area (Å²) in [5.74, 6) is 0.660. The van der Waals surface area contributed by atoms with Crippen LogP contribution in [0.25, 0.3) is 0 Å². The summed E-state index contributed by atoms with van der Waals surface area (Å²) in [7, 11) is 9.45. The molecular formula is C36H77N9O4S. The Bertz CT molecular complexity index is 945. The van der Waals surface area contributed by atoms with E-state index in [1.807, 2.05) is 46.4 Å². The topological polar surface area (TPSA) is 117 Å². The van der Waals surface area contributed by atoms with Gasteiger partial charge in [0.1, 0.15) is 0 Å². The first kappa shape index (κ1) is 48.7. The SMILES string of the molecule is C.CN1CCOCC1.CNCCN1CCN(C)CC1.CNCCN1CCOCC1.CNCCN1CCS(=O)(=O)CC1.CNCc1ccccc1. The van der Waals surface area contributed by atoms with Crippen molar-refractivity contribution in [3.8, 4) is 0 Å². The number of nitrogens with zero attached hydrogens (tertiary/aromatic N) is 5. The van der Waals surface area contributed by atoms with Gasteiger partial charge in [-0.15, -0.1) is 0 Å². The second kappa shape index (κ2) is 32.4. The summed E-state index contributed by atoms with van der Waals surface area (Å²) in [5.41, 5.74) is 1.33. The number of piperazine rings is 1. The highest BCUT2D eigenvalue weighted by Gasteiger charge is 2.20. The van der Waals surface area contributed by atoms with Crippen molar-refractivity contribution in [3.63, 3.8) is 0 Å². The molecular weight excluding hydrogens is 655 g/mol. The molecule has 50 heavy (non-hydrogen) atoms. The fourth-order valence-electron chi connectivity index (χ4n) is 5.13. The third-order valence-electron chi connectivity index (χ3n) is 8.63. The molecule has 0 saturated carbocycles. The van der Waals surface area contributed by atoms with E-state index in [-0.39, 0.29) is 7.43 Å². The van der Waals surface area contributed by atoms with Gasteiger partial charge in [-0.3, -0.25) is 9.80 Å². The van der Waals surface area contributed by atoms with Crippen molar-refractivity contribution in [1.29, 1.82) is 0 Å². The van der Waals surface area contributed by atoms with E-state index in [0.717, 1.165) is 91.9 Å². The maximum atomic E-state index is 11.0. The minimum absolute atomic E-state index is 0. The second-order valence-electron chi connectivity index (χ2n) is 12.8. The average Bonchev–Trinajstić information content (AvgIpc) is 3.13. The van der Waals surface area contributed by atoms with Crippen molar-refractivity contribution < 1.29 is 17.9 Å². The molecule has 0 bridgehead atoms. The molecule has 0 aliphatic carbocycles. The van der Waals surface area contributed by atoms with Crippen LogP contribution < -0.4 is 21.3 Å². The lowest BCUT2D eigenvalue weighted by molar-refractivity contribution is 0.0386. The Hall–Kier alpha value is -1.27. The van der Waals surface area contributed by atoms with Gasteiger partial charge in [-0.2, -0.15) is 0 Å². The Morgan fingerprint density at radius 1 is 0.560 bits per heavy atom. The highest BCUT2D eigenvalue weighted by atomic mass is 32.2. The standard InChI is InChI=1S/C8H19N3.C8H11N.C7H16N2O2S.C7H16N2O.C5H11NO.CH4/c1-9-3-4-11-7-5-10(2)6-8-11;1-9-7-8-5-3-2-4-6-8;1-8-2-3-9-4-6-12(10,11)7-5-9;1-8-2-3-9-4-6-10-7-5-9;1-6-2-4-7-5-3-6;/h9H,3-8H2,1-2H3;2-6,9H,7H2,1H3;8H,2-7H2,1H3;8H,2-7H2,1H3;2-5H2,1H3;1H4. The van der Waals surface area contributed by atoms with Crippen molar-refractivity contribution in [2.75, 3.05) is 185 Å². The molecule has 13 nitrogen and oxygen atoms in total. The maximum Gasteiger partial charge on any atom is 0.152 e. The van der Waals surface area contributed by atoms with E-state index in [0.29, 0.717) is 24.6 Å². The van der Waals surface area contributed by atoms with E-state index in [1.165, 1.54) is 38.3 Å². The number of morpholine rings is 2. The molecule has 4 aliphatic heterocycles. The van der Waals surface area contributed by atoms with Gasteiger partial charge in [0.05, 0.1) is 37.9 Å². The first-order valence-electron chi connectivity index (χ1n) is 18.2. The highest BCUT2D eigenvalue weighted by Crippen LogP contribution is 2.02. The van der Waals surface area contributed by atoms with Crippen molar-refractivity contribution in [2.24, 2.45) is 0 Å². The van der Waals surface area contributed by atoms with Crippen LogP contribution in [0.1, 0.15) is 13.0 Å². The first-order valence-corrected chi connectivity index (χ1v) is 20.1. The van der Waals surface area contributed by atoms with Crippen LogP contribution in [0.15, 0.2) is 30.3 Å². The van der Waals surface area contributed by atoms with Gasteiger partial charge < -0.3 is 45.4 Å². The van der Waals surface area contributed by atoms with Crippen LogP contribution in [0.4, 0.5) is 0 Å². The minimum atomic E-state index is -2.70. The van der Waals surface area contributed by atoms with E-state index < -0.39 is 9.84 Å². The van der Waals surface area contributed by atoms with E-state index in [1.54, 1.807) is 0 Å². The minimum Gasteiger partial charge on any atom is -0.379 e. The Morgan fingerprint density at radius 2 is 0.960 bits per heavy atom. The van der Waals surface area contributed by atoms with Gasteiger partial charge in [0.25, 0.3) is 0 Å². The number of nitrogens with one attached hydrogen (secondary N) is 4. The lowest BCUT2D eigenvalue weighted by atomic mass is 10.2. The first-order chi connectivity index (χ1) is 23.7. The molecule has 4 heterocycles. The number of benzene rings is 1. The highest BCUT2D eigenvalue weighted by molar-refractivity contribution is 7.91. The van der Waals surface area contributed by atoms with E-state index in [9.17, 15) is 8.42 Å². The van der Waals surface area contributed by atoms with Gasteiger partial charge in [-0.05, 0) is 47.8 Å². The number of rotatable bonds is 11. The van der Waals surface area contributed by atoms with Gasteiger partial charge in [0.15, 0.2) is 9.84 Å². The number of likely N-dealkylation sites (N-methyl/N-ethyl adjacent to an activating group) is 5. The molecule has 4 N–H and O–H groups in total. The fourth-order valence-corrected chi connectivity index (χ4v) is 6.41. The van der Waals surface area contributed by atoms with Crippen molar-refractivity contribution in [1.82, 2.24) is 45.8 Å². The van der Waals surface area contributed by atoms with Crippen molar-refractivity contribution in [3.05, 3.63) is 35.9 Å². The van der Waals surface area contributed by atoms with Gasteiger partial charge in [-0.1, -0.05) is 37.8 Å². The second-order valence-corrected chi connectivity index (χ2v) is 15.1. The van der Waals surface area contributed by atoms with E-state index >= 15 is 0 Å². The van der Waals surface area contributed by atoms with Crippen LogP contribution in [0.3, 0.4) is 0 Å². The van der Waals surface area contributed by atoms with Gasteiger partial charge in [0.2, 0.25) is 0 Å². The maximum absolute atomic E-state index is 11.0. The molecule has 4 fully saturated rings. The smallest absolute Gasteiger partial charge is 0.152 e. The molecule has 0 radical (unpaired) electrons. The van der Waals surface area contributed by atoms with Gasteiger partial charge in [-0.25, -0.2) is 8.42 Å². The van der Waals surface area contributed by atoms with Gasteiger partial charge in [0, 0.05) is 111 Å². The third kappa shape index (κ3) is 27.4. The number of hydrogen-bond acceptors (Lipinski definition) is 13. The number of ether oxygens (including phenoxy) is 2. The predicted octanol–water partition coefficient (Wildman–Crippen LogP) is -0.0821. The normalized spacial score (nSPS) is 20.2. The Balaban J connectivity index is 0.000000603. The van der Waals surface area contributed by atoms with Crippen LogP contribution in [-0.4, -0.2) is 218 Å². The molecule has 4 aliphatic rings. The molecule has 1 aromatic rings. The van der Waals surface area contributed by atoms with E-state index in [4.69, 9.17) is 9.47 Å². The number of sulfone groups is 1. The summed E-state index contributed by atoms with van der Waals surface area (Å²) in [6.45, 7) is 21.7. The zero-order valence-electron chi connectivity index (χ0n) is 31.9. The lowest BCUT2D eigenvalue weighted by Crippen LogP contribution is -2.46. The molecule has 0 amide bonds. The third-order valence-corrected chi connectivity index (χ3v) is 10.2. The summed E-state index contributed by atoms with van der Waals surface area (Å²) in [6.07, 6.45) is 0. The zero-order chi connectivity index (χ0) is 36.0. The Morgan fingerprint density at radius 3 is 1.36 bits per heavy atom.